The van der Waals surface area contributed by atoms with E-state index < -0.39 is 4.92 Å². The van der Waals surface area contributed by atoms with Gasteiger partial charge in [0.15, 0.2) is 0 Å². The lowest BCUT2D eigenvalue weighted by atomic mass is 10.1. The minimum Gasteiger partial charge on any atom is -0.455 e. The largest absolute Gasteiger partial charge is 0.455 e. The van der Waals surface area contributed by atoms with E-state index in [1.165, 1.54) is 17.7 Å². The van der Waals surface area contributed by atoms with E-state index >= 15 is 0 Å². The molecule has 0 fully saturated rings. The van der Waals surface area contributed by atoms with Crippen molar-refractivity contribution in [2.24, 2.45) is 0 Å². The highest BCUT2D eigenvalue weighted by molar-refractivity contribution is 5.56. The number of hydrogen-bond donors (Lipinski definition) is 1. The van der Waals surface area contributed by atoms with Crippen LogP contribution in [-0.4, -0.2) is 4.92 Å². The lowest BCUT2D eigenvalue weighted by Crippen LogP contribution is -1.94. The summed E-state index contributed by atoms with van der Waals surface area (Å²) in [5.41, 5.74) is 7.71. The predicted molar refractivity (Wildman–Crippen MR) is 78.0 cm³/mol. The highest BCUT2D eigenvalue weighted by Crippen LogP contribution is 2.29. The second kappa shape index (κ2) is 6.06. The van der Waals surface area contributed by atoms with Gasteiger partial charge in [0, 0.05) is 12.1 Å². The van der Waals surface area contributed by atoms with Gasteiger partial charge in [-0.25, -0.2) is 0 Å². The molecule has 2 aromatic carbocycles. The van der Waals surface area contributed by atoms with Gasteiger partial charge in [-0.15, -0.1) is 0 Å². The third kappa shape index (κ3) is 3.26. The summed E-state index contributed by atoms with van der Waals surface area (Å²) in [6, 6.07) is 11.6. The van der Waals surface area contributed by atoms with E-state index in [4.69, 9.17) is 10.5 Å². The highest BCUT2D eigenvalue weighted by atomic mass is 16.6. The lowest BCUT2D eigenvalue weighted by molar-refractivity contribution is -0.384. The number of nitrogen functional groups attached to an aromatic ring is 1. The highest BCUT2D eigenvalue weighted by Gasteiger charge is 2.07. The minimum absolute atomic E-state index is 0.0311. The monoisotopic (exact) mass is 272 g/mol. The van der Waals surface area contributed by atoms with Crippen molar-refractivity contribution in [1.29, 1.82) is 0 Å². The second-order valence-corrected chi connectivity index (χ2v) is 4.48. The summed E-state index contributed by atoms with van der Waals surface area (Å²) in [5, 5.41) is 10.6. The van der Waals surface area contributed by atoms with Gasteiger partial charge in [-0.1, -0.05) is 19.4 Å². The molecule has 0 bridgehead atoms. The van der Waals surface area contributed by atoms with Gasteiger partial charge in [0.1, 0.15) is 11.5 Å². The predicted octanol–water partition coefficient (Wildman–Crippen LogP) is 3.92. The fraction of sp³-hybridized carbons (Fsp3) is 0.200. The number of nitrogens with two attached hydrogens (primary N) is 1. The molecule has 0 aliphatic carbocycles. The van der Waals surface area contributed by atoms with E-state index in [1.54, 1.807) is 12.1 Å². The second-order valence-electron chi connectivity index (χ2n) is 4.48. The van der Waals surface area contributed by atoms with E-state index in [-0.39, 0.29) is 5.69 Å². The Bertz CT molecular complexity index is 609. The zero-order valence-corrected chi connectivity index (χ0v) is 11.2. The first kappa shape index (κ1) is 13.9. The van der Waals surface area contributed by atoms with Gasteiger partial charge in [-0.2, -0.15) is 0 Å². The number of nitro groups is 1. The van der Waals surface area contributed by atoms with E-state index in [2.05, 4.69) is 6.92 Å². The Kier molecular flexibility index (Phi) is 4.20. The van der Waals surface area contributed by atoms with Crippen molar-refractivity contribution in [3.63, 3.8) is 0 Å². The van der Waals surface area contributed by atoms with Gasteiger partial charge >= 0.3 is 0 Å². The number of hydrogen-bond acceptors (Lipinski definition) is 4. The fourth-order valence-electron chi connectivity index (χ4n) is 1.90. The summed E-state index contributed by atoms with van der Waals surface area (Å²) in [5.74, 6) is 1.07. The van der Waals surface area contributed by atoms with Crippen LogP contribution in [0.15, 0.2) is 42.5 Å². The number of nitrogens with zero attached hydrogens (tertiary/aromatic N) is 1. The smallest absolute Gasteiger partial charge is 0.269 e. The van der Waals surface area contributed by atoms with Crippen molar-refractivity contribution < 1.29 is 9.66 Å². The van der Waals surface area contributed by atoms with Crippen LogP contribution in [-0.2, 0) is 6.42 Å². The maximum atomic E-state index is 10.6. The molecule has 0 saturated carbocycles. The standard InChI is InChI=1S/C15H16N2O3/c1-2-3-11-4-9-15(14(16)10-11)20-13-7-5-12(6-8-13)17(18)19/h4-10H,2-3,16H2,1H3. The maximum Gasteiger partial charge on any atom is 0.269 e. The quantitative estimate of drug-likeness (QED) is 0.508. The number of anilines is 1. The van der Waals surface area contributed by atoms with Crippen LogP contribution in [0.3, 0.4) is 0 Å². The number of benzene rings is 2. The molecule has 2 aromatic rings. The third-order valence-corrected chi connectivity index (χ3v) is 2.89. The molecular weight excluding hydrogens is 256 g/mol. The van der Waals surface area contributed by atoms with E-state index in [9.17, 15) is 10.1 Å². The molecule has 104 valence electrons. The first-order chi connectivity index (χ1) is 9.60. The molecule has 2 N–H and O–H groups in total. The van der Waals surface area contributed by atoms with Crippen LogP contribution in [0.1, 0.15) is 18.9 Å². The van der Waals surface area contributed by atoms with Gasteiger partial charge < -0.3 is 10.5 Å². The third-order valence-electron chi connectivity index (χ3n) is 2.89. The topological polar surface area (TPSA) is 78.4 Å². The molecule has 0 atom stereocenters. The van der Waals surface area contributed by atoms with Crippen molar-refractivity contribution in [2.45, 2.75) is 19.8 Å². The molecule has 0 heterocycles. The van der Waals surface area contributed by atoms with E-state index in [0.29, 0.717) is 17.2 Å². The normalized spacial score (nSPS) is 10.2. The lowest BCUT2D eigenvalue weighted by Gasteiger charge is -2.09. The van der Waals surface area contributed by atoms with Gasteiger partial charge in [-0.3, -0.25) is 10.1 Å². The Labute approximate surface area is 117 Å². The fourth-order valence-corrected chi connectivity index (χ4v) is 1.90. The molecule has 0 radical (unpaired) electrons. The average Bonchev–Trinajstić information content (AvgIpc) is 2.43. The summed E-state index contributed by atoms with van der Waals surface area (Å²) in [6.07, 6.45) is 2.03. The van der Waals surface area contributed by atoms with Crippen molar-refractivity contribution in [2.75, 3.05) is 5.73 Å². The van der Waals surface area contributed by atoms with Crippen molar-refractivity contribution >= 4 is 11.4 Å². The SMILES string of the molecule is CCCc1ccc(Oc2ccc([N+](=O)[O-])cc2)c(N)c1. The van der Waals surface area contributed by atoms with E-state index in [1.807, 2.05) is 18.2 Å². The van der Waals surface area contributed by atoms with Gasteiger partial charge in [0.2, 0.25) is 0 Å². The molecule has 0 aliphatic rings. The molecule has 20 heavy (non-hydrogen) atoms. The van der Waals surface area contributed by atoms with Crippen LogP contribution in [0, 0.1) is 10.1 Å². The molecular formula is C15H16N2O3. The Morgan fingerprint density at radius 1 is 1.20 bits per heavy atom. The minimum atomic E-state index is -0.447. The van der Waals surface area contributed by atoms with Crippen LogP contribution in [0.25, 0.3) is 0 Å². The summed E-state index contributed by atoms with van der Waals surface area (Å²) in [7, 11) is 0. The molecule has 5 heteroatoms. The van der Waals surface area contributed by atoms with Crippen molar-refractivity contribution in [1.82, 2.24) is 0 Å². The van der Waals surface area contributed by atoms with Crippen molar-refractivity contribution in [3.8, 4) is 11.5 Å². The molecule has 0 aromatic heterocycles. The number of aryl methyl sites for hydroxylation is 1. The molecule has 0 unspecified atom stereocenters. The van der Waals surface area contributed by atoms with Gasteiger partial charge in [0.05, 0.1) is 10.6 Å². The van der Waals surface area contributed by atoms with Crippen LogP contribution in [0.2, 0.25) is 0 Å². The summed E-state index contributed by atoms with van der Waals surface area (Å²) < 4.78 is 5.63. The molecule has 0 aliphatic heterocycles. The molecule has 0 spiro atoms. The molecule has 0 saturated heterocycles. The van der Waals surface area contributed by atoms with Crippen LogP contribution < -0.4 is 10.5 Å². The number of ether oxygens (including phenoxy) is 1. The molecule has 5 nitrogen and oxygen atoms in total. The first-order valence-electron chi connectivity index (χ1n) is 6.41. The maximum absolute atomic E-state index is 10.6. The van der Waals surface area contributed by atoms with Crippen LogP contribution in [0.4, 0.5) is 11.4 Å². The summed E-state index contributed by atoms with van der Waals surface area (Å²) in [4.78, 5) is 10.1. The first-order valence-corrected chi connectivity index (χ1v) is 6.41. The van der Waals surface area contributed by atoms with Gasteiger partial charge in [-0.05, 0) is 36.2 Å². The van der Waals surface area contributed by atoms with E-state index in [0.717, 1.165) is 12.8 Å². The van der Waals surface area contributed by atoms with Crippen molar-refractivity contribution in [3.05, 3.63) is 58.1 Å². The molecule has 2 rings (SSSR count). The summed E-state index contributed by atoms with van der Waals surface area (Å²) >= 11 is 0. The Morgan fingerprint density at radius 3 is 2.45 bits per heavy atom. The number of rotatable bonds is 5. The van der Waals surface area contributed by atoms with Crippen LogP contribution >= 0.6 is 0 Å². The zero-order chi connectivity index (χ0) is 14.5. The Morgan fingerprint density at radius 2 is 1.90 bits per heavy atom. The number of nitro benzene ring substituents is 1. The Hall–Kier alpha value is -2.56. The zero-order valence-electron chi connectivity index (χ0n) is 11.2. The van der Waals surface area contributed by atoms with Crippen LogP contribution in [0.5, 0.6) is 11.5 Å². The average molecular weight is 272 g/mol. The number of non-ortho nitro benzene ring substituents is 1. The molecule has 0 amide bonds. The Balaban J connectivity index is 2.15. The summed E-state index contributed by atoms with van der Waals surface area (Å²) in [6.45, 7) is 2.11. The van der Waals surface area contributed by atoms with Gasteiger partial charge in [0.25, 0.3) is 5.69 Å².